The van der Waals surface area contributed by atoms with Gasteiger partial charge in [0.1, 0.15) is 0 Å². The minimum Gasteiger partial charge on any atom is -0.461 e. The van der Waals surface area contributed by atoms with Crippen LogP contribution in [0.25, 0.3) is 22.2 Å². The molecule has 4 aromatic rings. The Labute approximate surface area is 225 Å². The number of ether oxygens (including phenoxy) is 4. The van der Waals surface area contributed by atoms with Gasteiger partial charge in [-0.1, -0.05) is 29.8 Å². The first-order valence-corrected chi connectivity index (χ1v) is 12.6. The molecule has 0 fully saturated rings. The second kappa shape index (κ2) is 10.0. The zero-order chi connectivity index (χ0) is 27.0. The Morgan fingerprint density at radius 2 is 1.79 bits per heavy atom. The van der Waals surface area contributed by atoms with Gasteiger partial charge in [0.2, 0.25) is 6.79 Å². The molecule has 0 spiro atoms. The zero-order valence-corrected chi connectivity index (χ0v) is 22.3. The third-order valence-corrected chi connectivity index (χ3v) is 6.36. The summed E-state index contributed by atoms with van der Waals surface area (Å²) in [4.78, 5) is 30.2. The fourth-order valence-corrected chi connectivity index (χ4v) is 4.27. The van der Waals surface area contributed by atoms with Crippen LogP contribution < -0.4 is 14.2 Å². The molecule has 1 aliphatic rings. The number of esters is 2. The summed E-state index contributed by atoms with van der Waals surface area (Å²) in [5.41, 5.74) is 2.49. The van der Waals surface area contributed by atoms with Crippen molar-refractivity contribution in [1.29, 1.82) is 0 Å². The Morgan fingerprint density at radius 3 is 2.50 bits per heavy atom. The van der Waals surface area contributed by atoms with Gasteiger partial charge in [0.05, 0.1) is 23.7 Å². The van der Waals surface area contributed by atoms with Gasteiger partial charge in [-0.15, -0.1) is 0 Å². The highest BCUT2D eigenvalue weighted by atomic mass is 35.5. The molecule has 0 atom stereocenters. The summed E-state index contributed by atoms with van der Waals surface area (Å²) in [6, 6.07) is 15.1. The topological polar surface area (TPSA) is 88.9 Å². The molecule has 0 unspecified atom stereocenters. The van der Waals surface area contributed by atoms with Gasteiger partial charge >= 0.3 is 11.9 Å². The van der Waals surface area contributed by atoms with Crippen LogP contribution in [0.2, 0.25) is 5.02 Å². The molecule has 0 bridgehead atoms. The Kier molecular flexibility index (Phi) is 6.75. The predicted molar refractivity (Wildman–Crippen MR) is 143 cm³/mol. The normalized spacial score (nSPS) is 12.6. The predicted octanol–water partition coefficient (Wildman–Crippen LogP) is 6.26. The summed E-state index contributed by atoms with van der Waals surface area (Å²) < 4.78 is 24.1. The highest BCUT2D eigenvalue weighted by Gasteiger charge is 2.29. The number of aromatic nitrogens is 2. The van der Waals surface area contributed by atoms with E-state index in [4.69, 9.17) is 30.5 Å². The van der Waals surface area contributed by atoms with Crippen LogP contribution in [0.3, 0.4) is 0 Å². The molecule has 8 nitrogen and oxygen atoms in total. The summed E-state index contributed by atoms with van der Waals surface area (Å²) >= 11 is 6.16. The lowest BCUT2D eigenvalue weighted by Gasteiger charge is -2.18. The summed E-state index contributed by atoms with van der Waals surface area (Å²) in [7, 11) is 0. The van der Waals surface area contributed by atoms with E-state index < -0.39 is 17.4 Å². The maximum Gasteiger partial charge on any atom is 0.360 e. The molecule has 196 valence electrons. The van der Waals surface area contributed by atoms with E-state index in [0.29, 0.717) is 34.0 Å². The van der Waals surface area contributed by atoms with Crippen molar-refractivity contribution in [2.45, 2.75) is 34.2 Å². The van der Waals surface area contributed by atoms with Crippen LogP contribution in [0.4, 0.5) is 0 Å². The van der Waals surface area contributed by atoms with Crippen LogP contribution in [0.15, 0.2) is 54.7 Å². The fourth-order valence-electron chi connectivity index (χ4n) is 4.14. The first-order valence-electron chi connectivity index (χ1n) is 12.2. The molecule has 9 heteroatoms. The van der Waals surface area contributed by atoms with E-state index in [1.165, 1.54) is 0 Å². The molecule has 0 N–H and O–H groups in total. The summed E-state index contributed by atoms with van der Waals surface area (Å²) in [5.74, 6) is 0.285. The molecule has 2 aromatic heterocycles. The molecule has 0 radical (unpaired) electrons. The van der Waals surface area contributed by atoms with Gasteiger partial charge in [0, 0.05) is 22.6 Å². The smallest absolute Gasteiger partial charge is 0.360 e. The lowest BCUT2D eigenvalue weighted by atomic mass is 9.97. The van der Waals surface area contributed by atoms with Crippen molar-refractivity contribution in [2.24, 2.45) is 5.41 Å². The van der Waals surface area contributed by atoms with Crippen molar-refractivity contribution < 1.29 is 28.5 Å². The summed E-state index contributed by atoms with van der Waals surface area (Å²) in [6.07, 6.45) is 1.60. The molecule has 0 saturated carbocycles. The van der Waals surface area contributed by atoms with Gasteiger partial charge in [-0.3, -0.25) is 4.79 Å². The van der Waals surface area contributed by atoms with E-state index >= 15 is 0 Å². The second-order valence-corrected chi connectivity index (χ2v) is 10.3. The highest BCUT2D eigenvalue weighted by Crippen LogP contribution is 2.38. The maximum atomic E-state index is 13.0. The number of rotatable bonds is 6. The van der Waals surface area contributed by atoms with Crippen molar-refractivity contribution in [1.82, 2.24) is 9.55 Å². The number of nitrogens with zero attached hydrogens (tertiary/aromatic N) is 2. The van der Waals surface area contributed by atoms with Crippen LogP contribution in [0.5, 0.6) is 17.2 Å². The molecule has 1 aliphatic heterocycles. The Balaban J connectivity index is 1.71. The number of hydrogen-bond acceptors (Lipinski definition) is 7. The molecule has 5 rings (SSSR count). The quantitative estimate of drug-likeness (QED) is 0.270. The molecule has 2 aromatic carbocycles. The average Bonchev–Trinajstić information content (AvgIpc) is 3.49. The van der Waals surface area contributed by atoms with E-state index in [1.807, 2.05) is 53.1 Å². The number of carbonyl (C=O) groups is 2. The van der Waals surface area contributed by atoms with Crippen LogP contribution >= 0.6 is 11.6 Å². The van der Waals surface area contributed by atoms with Crippen LogP contribution in [-0.4, -0.2) is 34.9 Å². The molecular formula is C29H27ClN2O6. The van der Waals surface area contributed by atoms with Crippen molar-refractivity contribution in [3.05, 3.63) is 71.0 Å². The number of halogens is 1. The number of hydrogen-bond donors (Lipinski definition) is 0. The van der Waals surface area contributed by atoms with E-state index in [0.717, 1.165) is 16.8 Å². The van der Waals surface area contributed by atoms with Crippen molar-refractivity contribution in [3.63, 3.8) is 0 Å². The number of benzene rings is 2. The van der Waals surface area contributed by atoms with Gasteiger partial charge in [0.15, 0.2) is 22.9 Å². The molecule has 3 heterocycles. The van der Waals surface area contributed by atoms with Gasteiger partial charge in [-0.2, -0.15) is 0 Å². The van der Waals surface area contributed by atoms with Gasteiger partial charge in [0.25, 0.3) is 0 Å². The number of fused-ring (bicyclic) bond motifs is 2. The SMILES string of the molecule is CCOC(=O)c1ncc2c(cc(-c3ccc(Cl)cc3)n2Cc2ccc3c(c2)OCO3)c1OC(=O)C(C)(C)C. The average molecular weight is 535 g/mol. The lowest BCUT2D eigenvalue weighted by molar-refractivity contribution is -0.142. The minimum absolute atomic E-state index is 0.0557. The first-order chi connectivity index (χ1) is 18.2. The van der Waals surface area contributed by atoms with Gasteiger partial charge in [-0.25, -0.2) is 9.78 Å². The van der Waals surface area contributed by atoms with Crippen molar-refractivity contribution >= 4 is 34.4 Å². The maximum absolute atomic E-state index is 13.0. The standard InChI is InChI=1S/C29H27ClN2O6/c1-5-35-27(33)25-26(38-28(34)29(2,3)4)20-13-21(18-7-9-19(30)10-8-18)32(22(20)14-31-25)15-17-6-11-23-24(12-17)37-16-36-23/h6-14H,5,15-16H2,1-4H3. The van der Waals surface area contributed by atoms with E-state index in [9.17, 15) is 9.59 Å². The van der Waals surface area contributed by atoms with Crippen LogP contribution in [0.1, 0.15) is 43.7 Å². The molecule has 0 amide bonds. The second-order valence-electron chi connectivity index (χ2n) is 9.91. The van der Waals surface area contributed by atoms with E-state index in [1.54, 1.807) is 33.9 Å². The highest BCUT2D eigenvalue weighted by molar-refractivity contribution is 6.30. The largest absolute Gasteiger partial charge is 0.461 e. The molecule has 0 aliphatic carbocycles. The van der Waals surface area contributed by atoms with Crippen molar-refractivity contribution in [3.8, 4) is 28.5 Å². The van der Waals surface area contributed by atoms with E-state index in [2.05, 4.69) is 4.98 Å². The molecule has 0 saturated heterocycles. The Morgan fingerprint density at radius 1 is 1.05 bits per heavy atom. The van der Waals surface area contributed by atoms with Crippen LogP contribution in [-0.2, 0) is 16.1 Å². The first kappa shape index (κ1) is 25.6. The zero-order valence-electron chi connectivity index (χ0n) is 21.5. The van der Waals surface area contributed by atoms with Crippen LogP contribution in [0, 0.1) is 5.41 Å². The third-order valence-electron chi connectivity index (χ3n) is 6.11. The monoisotopic (exact) mass is 534 g/mol. The van der Waals surface area contributed by atoms with E-state index in [-0.39, 0.29) is 24.8 Å². The summed E-state index contributed by atoms with van der Waals surface area (Å²) in [6.45, 7) is 7.74. The van der Waals surface area contributed by atoms with Gasteiger partial charge < -0.3 is 23.5 Å². The lowest BCUT2D eigenvalue weighted by Crippen LogP contribution is -2.26. The van der Waals surface area contributed by atoms with Gasteiger partial charge in [-0.05, 0) is 69.2 Å². The third kappa shape index (κ3) is 4.91. The fraction of sp³-hybridized carbons (Fsp3) is 0.276. The summed E-state index contributed by atoms with van der Waals surface area (Å²) in [5, 5.41) is 1.17. The molecular weight excluding hydrogens is 508 g/mol. The number of carbonyl (C=O) groups excluding carboxylic acids is 2. The Hall–Kier alpha value is -4.04. The Bertz CT molecular complexity index is 1540. The minimum atomic E-state index is -0.803. The number of pyridine rings is 1. The van der Waals surface area contributed by atoms with Crippen molar-refractivity contribution in [2.75, 3.05) is 13.4 Å². The molecule has 38 heavy (non-hydrogen) atoms.